The van der Waals surface area contributed by atoms with Crippen molar-refractivity contribution >= 4 is 5.52 Å². The molecule has 9 heteroatoms. The molecular formula is C20H19FN6O2. The normalized spacial score (nSPS) is 21.4. The number of aryl methyl sites for hydroxylation is 2. The smallest absolute Gasteiger partial charge is 0.280 e. The highest BCUT2D eigenvalue weighted by Gasteiger charge is 2.48. The Morgan fingerprint density at radius 1 is 1.21 bits per heavy atom. The van der Waals surface area contributed by atoms with Crippen LogP contribution in [0.15, 0.2) is 46.1 Å². The van der Waals surface area contributed by atoms with Crippen LogP contribution < -0.4 is 5.56 Å². The first-order valence-corrected chi connectivity index (χ1v) is 9.41. The monoisotopic (exact) mass is 394 g/mol. The highest BCUT2D eigenvalue weighted by molar-refractivity contribution is 5.49. The van der Waals surface area contributed by atoms with Crippen LogP contribution in [0.1, 0.15) is 47.2 Å². The van der Waals surface area contributed by atoms with Gasteiger partial charge in [-0.25, -0.2) is 4.39 Å². The van der Waals surface area contributed by atoms with E-state index in [1.54, 1.807) is 13.1 Å². The van der Waals surface area contributed by atoms with E-state index >= 15 is 4.39 Å². The van der Waals surface area contributed by atoms with E-state index in [1.807, 2.05) is 31.2 Å². The van der Waals surface area contributed by atoms with Crippen LogP contribution in [-0.4, -0.2) is 29.5 Å². The first-order valence-electron chi connectivity index (χ1n) is 9.41. The van der Waals surface area contributed by atoms with Gasteiger partial charge in [0.15, 0.2) is 11.3 Å². The molecule has 3 aromatic heterocycles. The average molecular weight is 394 g/mol. The first kappa shape index (κ1) is 17.7. The van der Waals surface area contributed by atoms with Crippen molar-refractivity contribution in [2.75, 3.05) is 0 Å². The summed E-state index contributed by atoms with van der Waals surface area (Å²) in [5, 5.41) is 12.1. The van der Waals surface area contributed by atoms with Gasteiger partial charge in [0.05, 0.1) is 6.20 Å². The Bertz CT molecular complexity index is 1250. The Morgan fingerprint density at radius 3 is 2.72 bits per heavy atom. The van der Waals surface area contributed by atoms with E-state index < -0.39 is 5.67 Å². The van der Waals surface area contributed by atoms with Gasteiger partial charge in [-0.05, 0) is 32.3 Å². The maximum Gasteiger partial charge on any atom is 0.280 e. The largest absolute Gasteiger partial charge is 0.337 e. The summed E-state index contributed by atoms with van der Waals surface area (Å²) >= 11 is 0. The number of alkyl halides is 1. The molecule has 3 heterocycles. The van der Waals surface area contributed by atoms with Crippen molar-refractivity contribution in [2.24, 2.45) is 0 Å². The highest BCUT2D eigenvalue weighted by Crippen LogP contribution is 2.53. The minimum atomic E-state index is -1.36. The summed E-state index contributed by atoms with van der Waals surface area (Å²) in [5.74, 6) is 0.660. The predicted octanol–water partition coefficient (Wildman–Crippen LogP) is 2.68. The molecule has 0 N–H and O–H groups in total. The molecule has 0 amide bonds. The Labute approximate surface area is 165 Å². The molecule has 1 fully saturated rings. The number of fused-ring (bicyclic) bond motifs is 1. The molecule has 5 rings (SSSR count). The molecular weight excluding hydrogens is 375 g/mol. The van der Waals surface area contributed by atoms with Crippen molar-refractivity contribution in [3.8, 4) is 0 Å². The molecule has 1 aliphatic carbocycles. The second-order valence-corrected chi connectivity index (χ2v) is 7.71. The summed E-state index contributed by atoms with van der Waals surface area (Å²) in [7, 11) is 0. The maximum absolute atomic E-state index is 15.1. The van der Waals surface area contributed by atoms with Gasteiger partial charge in [0, 0.05) is 11.5 Å². The lowest BCUT2D eigenvalue weighted by Crippen LogP contribution is -2.36. The van der Waals surface area contributed by atoms with E-state index in [1.165, 1.54) is 15.5 Å². The quantitative estimate of drug-likeness (QED) is 0.529. The Kier molecular flexibility index (Phi) is 3.87. The van der Waals surface area contributed by atoms with Crippen LogP contribution in [0.4, 0.5) is 4.39 Å². The maximum atomic E-state index is 15.1. The van der Waals surface area contributed by atoms with Gasteiger partial charge in [-0.15, -0.1) is 9.73 Å². The van der Waals surface area contributed by atoms with Crippen molar-refractivity contribution < 1.29 is 8.91 Å². The number of nitrogens with zero attached hydrogens (tertiary/aromatic N) is 6. The van der Waals surface area contributed by atoms with Crippen LogP contribution in [0.3, 0.4) is 0 Å². The van der Waals surface area contributed by atoms with E-state index in [0.29, 0.717) is 29.7 Å². The molecule has 0 bridgehead atoms. The summed E-state index contributed by atoms with van der Waals surface area (Å²) in [4.78, 5) is 17.0. The Balaban J connectivity index is 1.32. The zero-order valence-corrected chi connectivity index (χ0v) is 16.0. The molecule has 0 spiro atoms. The number of hydrogen-bond acceptors (Lipinski definition) is 6. The van der Waals surface area contributed by atoms with E-state index in [9.17, 15) is 4.79 Å². The molecule has 1 aromatic carbocycles. The molecule has 0 saturated heterocycles. The van der Waals surface area contributed by atoms with Crippen molar-refractivity contribution in [1.82, 2.24) is 29.5 Å². The minimum absolute atomic E-state index is 0.103. The van der Waals surface area contributed by atoms with Gasteiger partial charge < -0.3 is 4.52 Å². The van der Waals surface area contributed by atoms with Crippen LogP contribution in [0.25, 0.3) is 5.52 Å². The average Bonchev–Trinajstić information content (AvgIpc) is 3.29. The second-order valence-electron chi connectivity index (χ2n) is 7.71. The van der Waals surface area contributed by atoms with Crippen LogP contribution in [0, 0.1) is 13.8 Å². The van der Waals surface area contributed by atoms with Gasteiger partial charge in [0.25, 0.3) is 5.56 Å². The Hall–Kier alpha value is -3.36. The lowest BCUT2D eigenvalue weighted by Gasteiger charge is -2.40. The number of benzene rings is 1. The fourth-order valence-corrected chi connectivity index (χ4v) is 3.81. The topological polar surface area (TPSA) is 91.1 Å². The SMILES string of the molecule is Cc1ccc(C2(F)CC(c3noc(Cn4cnn5ncc(C)c5c4=O)n3)C2)cc1. The van der Waals surface area contributed by atoms with Gasteiger partial charge in [-0.2, -0.15) is 10.1 Å². The minimum Gasteiger partial charge on any atom is -0.337 e. The molecule has 8 nitrogen and oxygen atoms in total. The third-order valence-electron chi connectivity index (χ3n) is 5.56. The fraction of sp³-hybridized carbons (Fsp3) is 0.350. The first-order chi connectivity index (χ1) is 13.9. The summed E-state index contributed by atoms with van der Waals surface area (Å²) in [6.45, 7) is 3.88. The van der Waals surface area contributed by atoms with Crippen LogP contribution >= 0.6 is 0 Å². The molecule has 148 valence electrons. The number of aromatic nitrogens is 6. The standard InChI is InChI=1S/C20H19FN6O2/c1-12-3-5-15(6-4-12)20(21)7-14(8-20)18-24-16(29-25-18)10-26-11-23-27-17(19(26)28)13(2)9-22-27/h3-6,9,11,14H,7-8,10H2,1-2H3. The lowest BCUT2D eigenvalue weighted by molar-refractivity contribution is 0.0336. The Morgan fingerprint density at radius 2 is 1.97 bits per heavy atom. The fourth-order valence-electron chi connectivity index (χ4n) is 3.81. The summed E-state index contributed by atoms with van der Waals surface area (Å²) in [5.41, 5.74) is 1.35. The molecule has 0 aliphatic heterocycles. The van der Waals surface area contributed by atoms with Crippen LogP contribution in [0.5, 0.6) is 0 Å². The van der Waals surface area contributed by atoms with E-state index in [-0.39, 0.29) is 23.9 Å². The summed E-state index contributed by atoms with van der Waals surface area (Å²) in [6, 6.07) is 7.50. The van der Waals surface area contributed by atoms with E-state index in [4.69, 9.17) is 4.52 Å². The molecule has 29 heavy (non-hydrogen) atoms. The molecule has 1 saturated carbocycles. The molecule has 4 aromatic rings. The number of rotatable bonds is 4. The zero-order chi connectivity index (χ0) is 20.2. The van der Waals surface area contributed by atoms with E-state index in [0.717, 1.165) is 11.1 Å². The summed E-state index contributed by atoms with van der Waals surface area (Å²) in [6.07, 6.45) is 3.61. The third-order valence-corrected chi connectivity index (χ3v) is 5.56. The summed E-state index contributed by atoms with van der Waals surface area (Å²) < 4.78 is 23.1. The van der Waals surface area contributed by atoms with Crippen molar-refractivity contribution in [3.05, 3.63) is 75.5 Å². The molecule has 0 radical (unpaired) electrons. The van der Waals surface area contributed by atoms with Gasteiger partial charge in [0.1, 0.15) is 18.5 Å². The molecule has 0 atom stereocenters. The van der Waals surface area contributed by atoms with Crippen LogP contribution in [-0.2, 0) is 12.2 Å². The van der Waals surface area contributed by atoms with Gasteiger partial charge >= 0.3 is 0 Å². The molecule has 0 unspecified atom stereocenters. The zero-order valence-electron chi connectivity index (χ0n) is 16.0. The lowest BCUT2D eigenvalue weighted by atomic mass is 9.68. The van der Waals surface area contributed by atoms with Crippen molar-refractivity contribution in [3.63, 3.8) is 0 Å². The van der Waals surface area contributed by atoms with Gasteiger partial charge in [-0.1, -0.05) is 35.0 Å². The van der Waals surface area contributed by atoms with Gasteiger partial charge in [-0.3, -0.25) is 9.36 Å². The van der Waals surface area contributed by atoms with E-state index in [2.05, 4.69) is 20.3 Å². The number of halogens is 1. The van der Waals surface area contributed by atoms with Crippen molar-refractivity contribution in [1.29, 1.82) is 0 Å². The molecule has 1 aliphatic rings. The van der Waals surface area contributed by atoms with Crippen molar-refractivity contribution in [2.45, 2.75) is 44.8 Å². The van der Waals surface area contributed by atoms with Crippen LogP contribution in [0.2, 0.25) is 0 Å². The second kappa shape index (κ2) is 6.33. The highest BCUT2D eigenvalue weighted by atomic mass is 19.1. The number of hydrogen-bond donors (Lipinski definition) is 0. The van der Waals surface area contributed by atoms with Gasteiger partial charge in [0.2, 0.25) is 5.89 Å². The predicted molar refractivity (Wildman–Crippen MR) is 101 cm³/mol. The third kappa shape index (κ3) is 2.93.